The number of hydrogen-bond donors (Lipinski definition) is 0. The third kappa shape index (κ3) is 3.56. The van der Waals surface area contributed by atoms with Crippen LogP contribution in [0.15, 0.2) is 41.5 Å². The first-order valence-corrected chi connectivity index (χ1v) is 6.09. The Balaban J connectivity index is 2.10. The highest BCUT2D eigenvalue weighted by Gasteiger charge is 2.18. The Kier molecular flexibility index (Phi) is 4.94. The number of nitrogens with zero attached hydrogens (tertiary/aromatic N) is 2. The van der Waals surface area contributed by atoms with Crippen LogP contribution in [0.2, 0.25) is 0 Å². The quantitative estimate of drug-likeness (QED) is 0.737. The van der Waals surface area contributed by atoms with Crippen LogP contribution >= 0.6 is 0 Å². The van der Waals surface area contributed by atoms with Gasteiger partial charge in [-0.25, -0.2) is 10.1 Å². The molecule has 1 atom stereocenters. The number of rotatable bonds is 6. The molecule has 0 aromatic heterocycles. The average molecular weight is 262 g/mol. The van der Waals surface area contributed by atoms with E-state index in [0.29, 0.717) is 13.2 Å². The van der Waals surface area contributed by atoms with Crippen molar-refractivity contribution in [3.8, 4) is 5.75 Å². The second kappa shape index (κ2) is 6.92. The molecule has 1 aromatic rings. The minimum Gasteiger partial charge on any atom is -0.497 e. The Hall–Kier alpha value is -1.85. The van der Waals surface area contributed by atoms with Gasteiger partial charge in [0.1, 0.15) is 18.1 Å². The third-order valence-corrected chi connectivity index (χ3v) is 2.77. The first-order chi connectivity index (χ1) is 9.35. The summed E-state index contributed by atoms with van der Waals surface area (Å²) in [6.45, 7) is 1.02. The molecule has 102 valence electrons. The van der Waals surface area contributed by atoms with E-state index >= 15 is 0 Å². The Bertz CT molecular complexity index is 460. The summed E-state index contributed by atoms with van der Waals surface area (Å²) in [4.78, 5) is 9.71. The van der Waals surface area contributed by atoms with Gasteiger partial charge in [-0.1, -0.05) is 12.1 Å². The molecule has 0 saturated carbocycles. The number of methoxy groups -OCH3 is 2. The van der Waals surface area contributed by atoms with E-state index in [4.69, 9.17) is 14.3 Å². The van der Waals surface area contributed by atoms with Crippen LogP contribution < -0.4 is 4.74 Å². The van der Waals surface area contributed by atoms with E-state index in [9.17, 15) is 0 Å². The predicted molar refractivity (Wildman–Crippen MR) is 73.0 cm³/mol. The lowest BCUT2D eigenvalue weighted by atomic mass is 10.1. The summed E-state index contributed by atoms with van der Waals surface area (Å²) in [5.41, 5.74) is 1.08. The molecule has 1 aromatic carbocycles. The van der Waals surface area contributed by atoms with Gasteiger partial charge in [0, 0.05) is 13.3 Å². The molecule has 5 nitrogen and oxygen atoms in total. The van der Waals surface area contributed by atoms with E-state index in [0.717, 1.165) is 11.3 Å². The van der Waals surface area contributed by atoms with Gasteiger partial charge in [-0.3, -0.25) is 4.84 Å². The topological polar surface area (TPSA) is 43.3 Å². The molecule has 0 radical (unpaired) electrons. The molecule has 2 rings (SSSR count). The number of hydrogen-bond acceptors (Lipinski definition) is 5. The highest BCUT2D eigenvalue weighted by Crippen LogP contribution is 2.26. The predicted octanol–water partition coefficient (Wildman–Crippen LogP) is 2.17. The maximum atomic E-state index is 5.63. The number of ether oxygens (including phenoxy) is 2. The van der Waals surface area contributed by atoms with Crippen LogP contribution in [0.4, 0.5) is 0 Å². The van der Waals surface area contributed by atoms with Gasteiger partial charge < -0.3 is 9.47 Å². The van der Waals surface area contributed by atoms with Crippen molar-refractivity contribution < 1.29 is 14.3 Å². The van der Waals surface area contributed by atoms with Crippen LogP contribution in [0.3, 0.4) is 0 Å². The van der Waals surface area contributed by atoms with Crippen LogP contribution in [-0.4, -0.2) is 38.8 Å². The minimum atomic E-state index is -0.00976. The normalized spacial score (nSPS) is 17.8. The van der Waals surface area contributed by atoms with E-state index in [-0.39, 0.29) is 6.04 Å². The molecule has 1 unspecified atom stereocenters. The molecule has 0 spiro atoms. The van der Waals surface area contributed by atoms with E-state index in [1.54, 1.807) is 31.8 Å². The molecule has 0 saturated heterocycles. The summed E-state index contributed by atoms with van der Waals surface area (Å²) in [5, 5.41) is 1.72. The molecule has 1 heterocycles. The smallest absolute Gasteiger partial charge is 0.119 e. The van der Waals surface area contributed by atoms with Gasteiger partial charge in [-0.2, -0.15) is 0 Å². The van der Waals surface area contributed by atoms with Crippen molar-refractivity contribution in [3.05, 3.63) is 42.1 Å². The molecule has 1 aliphatic heterocycles. The summed E-state index contributed by atoms with van der Waals surface area (Å²) in [5.74, 6) is 0.824. The van der Waals surface area contributed by atoms with Gasteiger partial charge in [0.05, 0.1) is 20.3 Å². The highest BCUT2D eigenvalue weighted by atomic mass is 16.7. The molecule has 0 aliphatic carbocycles. The number of benzene rings is 1. The van der Waals surface area contributed by atoms with E-state index in [1.165, 1.54) is 0 Å². The fraction of sp³-hybridized carbons (Fsp3) is 0.357. The average Bonchev–Trinajstić information content (AvgIpc) is 2.48. The van der Waals surface area contributed by atoms with Crippen molar-refractivity contribution in [1.82, 2.24) is 5.06 Å². The summed E-state index contributed by atoms with van der Waals surface area (Å²) in [6, 6.07) is 7.88. The lowest BCUT2D eigenvalue weighted by Crippen LogP contribution is -2.29. The fourth-order valence-electron chi connectivity index (χ4n) is 1.82. The van der Waals surface area contributed by atoms with Crippen LogP contribution in [-0.2, 0) is 9.57 Å². The van der Waals surface area contributed by atoms with Crippen molar-refractivity contribution in [2.45, 2.75) is 6.04 Å². The fourth-order valence-corrected chi connectivity index (χ4v) is 1.82. The SMILES string of the molecule is COCCON1C=NC=CC1c1cccc(OC)c1. The molecule has 19 heavy (non-hydrogen) atoms. The largest absolute Gasteiger partial charge is 0.497 e. The van der Waals surface area contributed by atoms with Crippen LogP contribution in [0.1, 0.15) is 11.6 Å². The van der Waals surface area contributed by atoms with Gasteiger partial charge in [0.25, 0.3) is 0 Å². The molecule has 0 fully saturated rings. The first-order valence-electron chi connectivity index (χ1n) is 6.09. The zero-order valence-corrected chi connectivity index (χ0v) is 11.2. The van der Waals surface area contributed by atoms with E-state index in [2.05, 4.69) is 4.99 Å². The maximum Gasteiger partial charge on any atom is 0.119 e. The van der Waals surface area contributed by atoms with Gasteiger partial charge in [-0.15, -0.1) is 0 Å². The molecule has 1 aliphatic rings. The lowest BCUT2D eigenvalue weighted by Gasteiger charge is -2.28. The van der Waals surface area contributed by atoms with Crippen LogP contribution in [0.25, 0.3) is 0 Å². The molecule has 0 bridgehead atoms. The third-order valence-electron chi connectivity index (χ3n) is 2.77. The van der Waals surface area contributed by atoms with Gasteiger partial charge >= 0.3 is 0 Å². The molecule has 0 amide bonds. The molecule has 0 N–H and O–H groups in total. The Morgan fingerprint density at radius 2 is 2.16 bits per heavy atom. The Labute approximate surface area is 113 Å². The number of aliphatic imine (C=N–C) groups is 1. The van der Waals surface area contributed by atoms with Gasteiger partial charge in [0.15, 0.2) is 0 Å². The summed E-state index contributed by atoms with van der Waals surface area (Å²) in [6.07, 6.45) is 5.40. The van der Waals surface area contributed by atoms with Crippen molar-refractivity contribution in [2.24, 2.45) is 4.99 Å². The Morgan fingerprint density at radius 3 is 2.95 bits per heavy atom. The minimum absolute atomic E-state index is 0.00976. The maximum absolute atomic E-state index is 5.63. The van der Waals surface area contributed by atoms with Crippen molar-refractivity contribution in [2.75, 3.05) is 27.4 Å². The second-order valence-corrected chi connectivity index (χ2v) is 4.01. The Morgan fingerprint density at radius 1 is 1.26 bits per heavy atom. The number of hydroxylamine groups is 2. The monoisotopic (exact) mass is 262 g/mol. The van der Waals surface area contributed by atoms with Gasteiger partial charge in [-0.05, 0) is 23.8 Å². The highest BCUT2D eigenvalue weighted by molar-refractivity contribution is 5.58. The van der Waals surface area contributed by atoms with Crippen molar-refractivity contribution in [3.63, 3.8) is 0 Å². The lowest BCUT2D eigenvalue weighted by molar-refractivity contribution is -0.126. The zero-order valence-electron chi connectivity index (χ0n) is 11.2. The first kappa shape index (κ1) is 13.6. The molecular weight excluding hydrogens is 244 g/mol. The summed E-state index contributed by atoms with van der Waals surface area (Å²) < 4.78 is 10.2. The van der Waals surface area contributed by atoms with Crippen LogP contribution in [0.5, 0.6) is 5.75 Å². The van der Waals surface area contributed by atoms with Crippen molar-refractivity contribution >= 4 is 6.34 Å². The standard InChI is InChI=1S/C14H18N2O3/c1-17-8-9-19-16-11-15-7-6-14(16)12-4-3-5-13(10-12)18-2/h3-7,10-11,14H,8-9H2,1-2H3. The summed E-state index contributed by atoms with van der Waals surface area (Å²) in [7, 11) is 3.30. The molecule has 5 heteroatoms. The van der Waals surface area contributed by atoms with Gasteiger partial charge in [0.2, 0.25) is 0 Å². The van der Waals surface area contributed by atoms with Crippen molar-refractivity contribution in [1.29, 1.82) is 0 Å². The summed E-state index contributed by atoms with van der Waals surface area (Å²) >= 11 is 0. The van der Waals surface area contributed by atoms with E-state index in [1.807, 2.05) is 30.3 Å². The zero-order chi connectivity index (χ0) is 13.5. The van der Waals surface area contributed by atoms with Crippen LogP contribution in [0, 0.1) is 0 Å². The van der Waals surface area contributed by atoms with E-state index < -0.39 is 0 Å². The second-order valence-electron chi connectivity index (χ2n) is 4.01. The molecular formula is C14H18N2O3.